The van der Waals surface area contributed by atoms with Crippen molar-refractivity contribution >= 4 is 11.6 Å². The Morgan fingerprint density at radius 2 is 1.96 bits per heavy atom. The fraction of sp³-hybridized carbons (Fsp3) is 0.444. The first-order valence-corrected chi connectivity index (χ1v) is 8.41. The number of benzene rings is 1. The van der Waals surface area contributed by atoms with Crippen molar-refractivity contribution in [3.63, 3.8) is 0 Å². The number of amides is 1. The molecule has 1 fully saturated rings. The second-order valence-electron chi connectivity index (χ2n) is 6.45. The number of carbonyl (C=O) groups excluding carboxylic acids is 1. The number of halogens is 3. The van der Waals surface area contributed by atoms with E-state index >= 15 is 0 Å². The van der Waals surface area contributed by atoms with Crippen LogP contribution in [0.4, 0.5) is 18.9 Å². The maximum absolute atomic E-state index is 12.4. The average molecular weight is 351 g/mol. The van der Waals surface area contributed by atoms with E-state index in [0.29, 0.717) is 11.3 Å². The number of aromatic nitrogens is 2. The van der Waals surface area contributed by atoms with Crippen LogP contribution >= 0.6 is 0 Å². The van der Waals surface area contributed by atoms with E-state index in [1.54, 1.807) is 24.3 Å². The number of carbonyl (C=O) groups is 1. The lowest BCUT2D eigenvalue weighted by Crippen LogP contribution is -2.24. The zero-order valence-electron chi connectivity index (χ0n) is 13.7. The van der Waals surface area contributed by atoms with Crippen molar-refractivity contribution in [1.82, 2.24) is 9.78 Å². The number of rotatable bonds is 4. The highest BCUT2D eigenvalue weighted by Gasteiger charge is 2.28. The first-order valence-electron chi connectivity index (χ1n) is 8.41. The van der Waals surface area contributed by atoms with Crippen LogP contribution in [0, 0.1) is 5.92 Å². The number of hydrogen-bond acceptors (Lipinski definition) is 2. The summed E-state index contributed by atoms with van der Waals surface area (Å²) in [5.41, 5.74) is 1.95. The van der Waals surface area contributed by atoms with Crippen LogP contribution in [0.1, 0.15) is 32.1 Å². The van der Waals surface area contributed by atoms with Crippen LogP contribution in [-0.2, 0) is 11.3 Å². The molecule has 0 saturated heterocycles. The summed E-state index contributed by atoms with van der Waals surface area (Å²) in [7, 11) is 0. The summed E-state index contributed by atoms with van der Waals surface area (Å²) in [5.74, 6) is 0.0663. The predicted octanol–water partition coefficient (Wildman–Crippen LogP) is 4.63. The molecule has 4 nitrogen and oxygen atoms in total. The molecule has 1 amide bonds. The minimum absolute atomic E-state index is 0.0182. The van der Waals surface area contributed by atoms with Gasteiger partial charge in [-0.15, -0.1) is 0 Å². The summed E-state index contributed by atoms with van der Waals surface area (Å²) >= 11 is 0. The lowest BCUT2D eigenvalue weighted by atomic mass is 9.88. The normalized spacial score (nSPS) is 16.0. The molecule has 25 heavy (non-hydrogen) atoms. The summed E-state index contributed by atoms with van der Waals surface area (Å²) in [6.45, 7) is -1.12. The SMILES string of the molecule is O=C(Nc1cccc(-c2cnn(CC(F)(F)F)c2)c1)C1CCCCC1. The van der Waals surface area contributed by atoms with Gasteiger partial charge in [0.25, 0.3) is 0 Å². The summed E-state index contributed by atoms with van der Waals surface area (Å²) in [6, 6.07) is 7.10. The standard InChI is InChI=1S/C18H20F3N3O/c19-18(20,21)12-24-11-15(10-22-24)14-7-4-8-16(9-14)23-17(25)13-5-2-1-3-6-13/h4,7-11,13H,1-3,5-6,12H2,(H,23,25). The van der Waals surface area contributed by atoms with Gasteiger partial charge in [0, 0.05) is 23.4 Å². The Morgan fingerprint density at radius 3 is 2.68 bits per heavy atom. The molecule has 0 bridgehead atoms. The molecule has 0 radical (unpaired) electrons. The van der Waals surface area contributed by atoms with Crippen molar-refractivity contribution in [2.24, 2.45) is 5.92 Å². The van der Waals surface area contributed by atoms with Gasteiger partial charge in [0.05, 0.1) is 6.20 Å². The topological polar surface area (TPSA) is 46.9 Å². The molecular formula is C18H20F3N3O. The van der Waals surface area contributed by atoms with E-state index in [4.69, 9.17) is 0 Å². The van der Waals surface area contributed by atoms with Crippen molar-refractivity contribution in [1.29, 1.82) is 0 Å². The highest BCUT2D eigenvalue weighted by Crippen LogP contribution is 2.27. The fourth-order valence-corrected chi connectivity index (χ4v) is 3.17. The van der Waals surface area contributed by atoms with Crippen LogP contribution in [0.2, 0.25) is 0 Å². The third kappa shape index (κ3) is 4.84. The Balaban J connectivity index is 1.70. The lowest BCUT2D eigenvalue weighted by molar-refractivity contribution is -0.142. The van der Waals surface area contributed by atoms with Gasteiger partial charge in [-0.3, -0.25) is 9.48 Å². The molecule has 1 aromatic carbocycles. The first-order chi connectivity index (χ1) is 11.9. The number of anilines is 1. The molecule has 134 valence electrons. The van der Waals surface area contributed by atoms with Gasteiger partial charge in [0.2, 0.25) is 5.91 Å². The molecule has 0 aliphatic heterocycles. The van der Waals surface area contributed by atoms with Crippen LogP contribution in [0.5, 0.6) is 0 Å². The molecule has 1 saturated carbocycles. The van der Waals surface area contributed by atoms with E-state index in [1.807, 2.05) is 0 Å². The van der Waals surface area contributed by atoms with E-state index < -0.39 is 12.7 Å². The van der Waals surface area contributed by atoms with Crippen LogP contribution in [0.3, 0.4) is 0 Å². The van der Waals surface area contributed by atoms with Crippen LogP contribution in [0.25, 0.3) is 11.1 Å². The molecule has 0 atom stereocenters. The zero-order valence-corrected chi connectivity index (χ0v) is 13.7. The quantitative estimate of drug-likeness (QED) is 0.873. The van der Waals surface area contributed by atoms with E-state index in [-0.39, 0.29) is 11.8 Å². The highest BCUT2D eigenvalue weighted by molar-refractivity contribution is 5.93. The van der Waals surface area contributed by atoms with Gasteiger partial charge in [-0.2, -0.15) is 18.3 Å². The largest absolute Gasteiger partial charge is 0.408 e. The summed E-state index contributed by atoms with van der Waals surface area (Å²) < 4.78 is 38.2. The zero-order chi connectivity index (χ0) is 17.9. The smallest absolute Gasteiger partial charge is 0.326 e. The minimum Gasteiger partial charge on any atom is -0.326 e. The van der Waals surface area contributed by atoms with Gasteiger partial charge in [-0.1, -0.05) is 31.4 Å². The van der Waals surface area contributed by atoms with Gasteiger partial charge in [0.1, 0.15) is 6.54 Å². The minimum atomic E-state index is -4.31. The molecule has 0 unspecified atom stereocenters. The van der Waals surface area contributed by atoms with Crippen molar-refractivity contribution in [2.45, 2.75) is 44.8 Å². The van der Waals surface area contributed by atoms with Crippen molar-refractivity contribution < 1.29 is 18.0 Å². The van der Waals surface area contributed by atoms with E-state index in [2.05, 4.69) is 10.4 Å². The van der Waals surface area contributed by atoms with Crippen LogP contribution in [0.15, 0.2) is 36.7 Å². The molecule has 1 heterocycles. The Labute approximate surface area is 144 Å². The van der Waals surface area contributed by atoms with Crippen molar-refractivity contribution in [2.75, 3.05) is 5.32 Å². The monoisotopic (exact) mass is 351 g/mol. The molecule has 2 aromatic rings. The Hall–Kier alpha value is -2.31. The van der Waals surface area contributed by atoms with Gasteiger partial charge < -0.3 is 5.32 Å². The summed E-state index contributed by atoms with van der Waals surface area (Å²) in [6.07, 6.45) is 3.61. The molecule has 1 aliphatic rings. The molecule has 3 rings (SSSR count). The maximum Gasteiger partial charge on any atom is 0.408 e. The third-order valence-corrected chi connectivity index (χ3v) is 4.41. The Morgan fingerprint density at radius 1 is 1.20 bits per heavy atom. The first kappa shape index (κ1) is 17.5. The van der Waals surface area contributed by atoms with Gasteiger partial charge in [0.15, 0.2) is 0 Å². The maximum atomic E-state index is 12.4. The number of alkyl halides is 3. The number of hydrogen-bond donors (Lipinski definition) is 1. The van der Waals surface area contributed by atoms with Crippen molar-refractivity contribution in [3.8, 4) is 11.1 Å². The van der Waals surface area contributed by atoms with E-state index in [1.165, 1.54) is 18.8 Å². The Kier molecular flexibility index (Phi) is 5.11. The van der Waals surface area contributed by atoms with Crippen LogP contribution in [-0.4, -0.2) is 21.9 Å². The molecule has 1 aromatic heterocycles. The molecule has 0 spiro atoms. The number of nitrogens with one attached hydrogen (secondary N) is 1. The second-order valence-corrected chi connectivity index (χ2v) is 6.45. The molecular weight excluding hydrogens is 331 g/mol. The van der Waals surface area contributed by atoms with Crippen molar-refractivity contribution in [3.05, 3.63) is 36.7 Å². The second kappa shape index (κ2) is 7.29. The van der Waals surface area contributed by atoms with E-state index in [0.717, 1.165) is 35.9 Å². The predicted molar refractivity (Wildman–Crippen MR) is 88.9 cm³/mol. The summed E-state index contributed by atoms with van der Waals surface area (Å²) in [4.78, 5) is 12.3. The highest BCUT2D eigenvalue weighted by atomic mass is 19.4. The van der Waals surface area contributed by atoms with Gasteiger partial charge in [-0.25, -0.2) is 0 Å². The molecule has 1 N–H and O–H groups in total. The third-order valence-electron chi connectivity index (χ3n) is 4.41. The van der Waals surface area contributed by atoms with Crippen LogP contribution < -0.4 is 5.32 Å². The average Bonchev–Trinajstić information content (AvgIpc) is 3.02. The Bertz CT molecular complexity index is 733. The van der Waals surface area contributed by atoms with Gasteiger partial charge in [-0.05, 0) is 30.5 Å². The van der Waals surface area contributed by atoms with Gasteiger partial charge >= 0.3 is 6.18 Å². The fourth-order valence-electron chi connectivity index (χ4n) is 3.17. The number of nitrogens with zero attached hydrogens (tertiary/aromatic N) is 2. The molecule has 1 aliphatic carbocycles. The lowest BCUT2D eigenvalue weighted by Gasteiger charge is -2.20. The molecule has 7 heteroatoms. The summed E-state index contributed by atoms with van der Waals surface area (Å²) in [5, 5.41) is 6.67. The van der Waals surface area contributed by atoms with E-state index in [9.17, 15) is 18.0 Å².